The smallest absolute Gasteiger partial charge is 0.0615 e. The molecular formula is C15H32N2O. The van der Waals surface area contributed by atoms with Gasteiger partial charge in [0, 0.05) is 25.2 Å². The lowest BCUT2D eigenvalue weighted by molar-refractivity contribution is 0.0129. The zero-order chi connectivity index (χ0) is 13.7. The van der Waals surface area contributed by atoms with Gasteiger partial charge in [-0.25, -0.2) is 0 Å². The van der Waals surface area contributed by atoms with E-state index in [0.717, 1.165) is 25.0 Å². The summed E-state index contributed by atoms with van der Waals surface area (Å²) < 4.78 is 5.34. The number of ether oxygens (including phenoxy) is 1. The number of nitrogens with zero attached hydrogens (tertiary/aromatic N) is 1. The summed E-state index contributed by atoms with van der Waals surface area (Å²) in [4.78, 5) is 2.63. The zero-order valence-corrected chi connectivity index (χ0v) is 13.1. The van der Waals surface area contributed by atoms with Crippen molar-refractivity contribution in [2.75, 3.05) is 27.3 Å². The van der Waals surface area contributed by atoms with Crippen molar-refractivity contribution in [3.8, 4) is 0 Å². The van der Waals surface area contributed by atoms with E-state index in [1.165, 1.54) is 12.8 Å². The fourth-order valence-corrected chi connectivity index (χ4v) is 3.84. The number of hydrogen-bond acceptors (Lipinski definition) is 3. The Hall–Kier alpha value is -0.120. The summed E-state index contributed by atoms with van der Waals surface area (Å²) >= 11 is 0. The van der Waals surface area contributed by atoms with Gasteiger partial charge in [-0.1, -0.05) is 20.8 Å². The molecular weight excluding hydrogens is 224 g/mol. The molecule has 1 fully saturated rings. The molecule has 5 atom stereocenters. The van der Waals surface area contributed by atoms with Gasteiger partial charge < -0.3 is 10.1 Å². The van der Waals surface area contributed by atoms with Gasteiger partial charge in [0.05, 0.1) is 6.61 Å². The standard InChI is InChI=1S/C15H32N2O/c1-7-17(13(4)10-18-6)15-12(3)8-11(2)9-14(15)16-5/h11-16H,7-10H2,1-6H3. The van der Waals surface area contributed by atoms with Crippen molar-refractivity contribution >= 4 is 0 Å². The molecule has 0 aliphatic heterocycles. The molecule has 0 aromatic heterocycles. The molecule has 5 unspecified atom stereocenters. The van der Waals surface area contributed by atoms with Gasteiger partial charge in [0.25, 0.3) is 0 Å². The minimum absolute atomic E-state index is 0.497. The van der Waals surface area contributed by atoms with Crippen LogP contribution in [0.15, 0.2) is 0 Å². The molecule has 0 bridgehead atoms. The fraction of sp³-hybridized carbons (Fsp3) is 1.00. The molecule has 3 heteroatoms. The minimum Gasteiger partial charge on any atom is -0.383 e. The molecule has 0 amide bonds. The Bertz CT molecular complexity index is 235. The van der Waals surface area contributed by atoms with Crippen molar-refractivity contribution in [3.05, 3.63) is 0 Å². The van der Waals surface area contributed by atoms with Crippen LogP contribution in [0, 0.1) is 11.8 Å². The minimum atomic E-state index is 0.497. The van der Waals surface area contributed by atoms with E-state index in [0.29, 0.717) is 18.1 Å². The van der Waals surface area contributed by atoms with Crippen molar-refractivity contribution in [2.45, 2.75) is 58.7 Å². The number of nitrogens with one attached hydrogen (secondary N) is 1. The molecule has 1 aliphatic carbocycles. The van der Waals surface area contributed by atoms with E-state index in [4.69, 9.17) is 4.74 Å². The maximum atomic E-state index is 5.34. The summed E-state index contributed by atoms with van der Waals surface area (Å²) in [6, 6.07) is 1.75. The number of methoxy groups -OCH3 is 1. The van der Waals surface area contributed by atoms with Crippen molar-refractivity contribution < 1.29 is 4.74 Å². The second-order valence-electron chi connectivity index (χ2n) is 6.07. The lowest BCUT2D eigenvalue weighted by Crippen LogP contribution is -2.58. The Morgan fingerprint density at radius 1 is 1.33 bits per heavy atom. The molecule has 0 heterocycles. The van der Waals surface area contributed by atoms with Crippen molar-refractivity contribution in [3.63, 3.8) is 0 Å². The molecule has 1 rings (SSSR count). The zero-order valence-electron chi connectivity index (χ0n) is 13.1. The summed E-state index contributed by atoms with van der Waals surface area (Å²) in [5.74, 6) is 1.59. The second kappa shape index (κ2) is 7.46. The molecule has 0 aromatic carbocycles. The lowest BCUT2D eigenvalue weighted by atomic mass is 9.75. The van der Waals surface area contributed by atoms with Gasteiger partial charge in [0.2, 0.25) is 0 Å². The highest BCUT2D eigenvalue weighted by molar-refractivity contribution is 4.94. The normalized spacial score (nSPS) is 34.8. The van der Waals surface area contributed by atoms with E-state index >= 15 is 0 Å². The average Bonchev–Trinajstić information content (AvgIpc) is 2.32. The molecule has 18 heavy (non-hydrogen) atoms. The van der Waals surface area contributed by atoms with Gasteiger partial charge in [-0.2, -0.15) is 0 Å². The van der Waals surface area contributed by atoms with E-state index in [9.17, 15) is 0 Å². The summed E-state index contributed by atoms with van der Waals surface area (Å²) in [5.41, 5.74) is 0. The first-order chi connectivity index (χ1) is 8.54. The maximum absolute atomic E-state index is 5.34. The average molecular weight is 256 g/mol. The summed E-state index contributed by atoms with van der Waals surface area (Å²) in [7, 11) is 3.91. The number of likely N-dealkylation sites (N-methyl/N-ethyl adjacent to an activating group) is 2. The monoisotopic (exact) mass is 256 g/mol. The molecule has 0 saturated heterocycles. The Kier molecular flexibility index (Phi) is 6.61. The van der Waals surface area contributed by atoms with Gasteiger partial charge in [-0.15, -0.1) is 0 Å². The van der Waals surface area contributed by atoms with Crippen molar-refractivity contribution in [1.29, 1.82) is 0 Å². The molecule has 1 saturated carbocycles. The predicted molar refractivity (Wildman–Crippen MR) is 77.9 cm³/mol. The van der Waals surface area contributed by atoms with Crippen LogP contribution in [0.5, 0.6) is 0 Å². The first-order valence-corrected chi connectivity index (χ1v) is 7.47. The first kappa shape index (κ1) is 15.9. The van der Waals surface area contributed by atoms with Crippen molar-refractivity contribution in [1.82, 2.24) is 10.2 Å². The van der Waals surface area contributed by atoms with Crippen LogP contribution in [0.2, 0.25) is 0 Å². The third kappa shape index (κ3) is 3.69. The van der Waals surface area contributed by atoms with E-state index in [-0.39, 0.29) is 0 Å². The van der Waals surface area contributed by atoms with Crippen LogP contribution < -0.4 is 5.32 Å². The Labute approximate surface area is 113 Å². The third-order valence-corrected chi connectivity index (χ3v) is 4.52. The molecule has 3 nitrogen and oxygen atoms in total. The third-order valence-electron chi connectivity index (χ3n) is 4.52. The van der Waals surface area contributed by atoms with Gasteiger partial charge in [0.1, 0.15) is 0 Å². The van der Waals surface area contributed by atoms with E-state index < -0.39 is 0 Å². The van der Waals surface area contributed by atoms with Crippen LogP contribution in [-0.2, 0) is 4.74 Å². The van der Waals surface area contributed by atoms with Crippen LogP contribution in [0.4, 0.5) is 0 Å². The number of rotatable bonds is 6. The SMILES string of the molecule is CCN(C(C)COC)C1C(C)CC(C)CC1NC. The van der Waals surface area contributed by atoms with Gasteiger partial charge in [-0.3, -0.25) is 4.90 Å². The van der Waals surface area contributed by atoms with E-state index in [1.807, 2.05) is 0 Å². The lowest BCUT2D eigenvalue weighted by Gasteiger charge is -2.47. The van der Waals surface area contributed by atoms with Crippen LogP contribution >= 0.6 is 0 Å². The second-order valence-corrected chi connectivity index (χ2v) is 6.07. The van der Waals surface area contributed by atoms with Crippen LogP contribution in [0.25, 0.3) is 0 Å². The predicted octanol–water partition coefficient (Wildman–Crippen LogP) is 2.37. The van der Waals surface area contributed by atoms with Crippen LogP contribution in [0.3, 0.4) is 0 Å². The van der Waals surface area contributed by atoms with Crippen LogP contribution in [-0.4, -0.2) is 50.3 Å². The maximum Gasteiger partial charge on any atom is 0.0615 e. The Morgan fingerprint density at radius 2 is 2.00 bits per heavy atom. The van der Waals surface area contributed by atoms with Gasteiger partial charge in [-0.05, 0) is 45.2 Å². The first-order valence-electron chi connectivity index (χ1n) is 7.47. The van der Waals surface area contributed by atoms with Crippen molar-refractivity contribution in [2.24, 2.45) is 11.8 Å². The molecule has 0 aromatic rings. The topological polar surface area (TPSA) is 24.5 Å². The summed E-state index contributed by atoms with van der Waals surface area (Å²) in [5, 5.41) is 3.54. The highest BCUT2D eigenvalue weighted by Gasteiger charge is 2.37. The van der Waals surface area contributed by atoms with E-state index in [2.05, 4.69) is 45.0 Å². The molecule has 1 N–H and O–H groups in total. The largest absolute Gasteiger partial charge is 0.383 e. The quantitative estimate of drug-likeness (QED) is 0.789. The van der Waals surface area contributed by atoms with Gasteiger partial charge >= 0.3 is 0 Å². The fourth-order valence-electron chi connectivity index (χ4n) is 3.84. The highest BCUT2D eigenvalue weighted by atomic mass is 16.5. The highest BCUT2D eigenvalue weighted by Crippen LogP contribution is 2.33. The summed E-state index contributed by atoms with van der Waals surface area (Å²) in [6.07, 6.45) is 2.64. The summed E-state index contributed by atoms with van der Waals surface area (Å²) in [6.45, 7) is 11.3. The van der Waals surface area contributed by atoms with Crippen LogP contribution in [0.1, 0.15) is 40.5 Å². The Morgan fingerprint density at radius 3 is 2.50 bits per heavy atom. The number of hydrogen-bond donors (Lipinski definition) is 1. The van der Waals surface area contributed by atoms with E-state index in [1.54, 1.807) is 7.11 Å². The molecule has 108 valence electrons. The molecule has 0 spiro atoms. The Balaban J connectivity index is 2.80. The molecule has 1 aliphatic rings. The molecule has 0 radical (unpaired) electrons. The van der Waals surface area contributed by atoms with Gasteiger partial charge in [0.15, 0.2) is 0 Å².